The Morgan fingerprint density at radius 3 is 1.94 bits per heavy atom. The van der Waals surface area contributed by atoms with Crippen molar-refractivity contribution in [1.29, 1.82) is 0 Å². The van der Waals surface area contributed by atoms with Crippen molar-refractivity contribution >= 4 is 27.6 Å². The first-order valence-corrected chi connectivity index (χ1v) is 11.8. The molecule has 2 N–H and O–H groups in total. The molecule has 0 saturated carbocycles. The third-order valence-corrected chi connectivity index (χ3v) is 5.77. The summed E-state index contributed by atoms with van der Waals surface area (Å²) in [7, 11) is -7.85. The Morgan fingerprint density at radius 2 is 1.53 bits per heavy atom. The zero-order chi connectivity index (χ0) is 28.1. The number of nitrogens with zero attached hydrogens (tertiary/aromatic N) is 4. The summed E-state index contributed by atoms with van der Waals surface area (Å²) < 4.78 is 147. The number of anilines is 1. The summed E-state index contributed by atoms with van der Waals surface area (Å²) in [6.07, 6.45) is -10.9. The molecule has 17 heteroatoms. The average molecular weight is 559 g/mol. The van der Waals surface area contributed by atoms with Gasteiger partial charge in [-0.15, -0.1) is 0 Å². The summed E-state index contributed by atoms with van der Waals surface area (Å²) in [5.41, 5.74) is 0.965. The minimum atomic E-state index is -10.1. The zero-order valence-electron chi connectivity index (χ0n) is 19.0. The van der Waals surface area contributed by atoms with E-state index in [4.69, 9.17) is 5.73 Å². The molecule has 0 spiro atoms. The van der Waals surface area contributed by atoms with Gasteiger partial charge in [0.1, 0.15) is 16.5 Å². The molecule has 0 saturated heterocycles. The third kappa shape index (κ3) is 6.47. The van der Waals surface area contributed by atoms with Crippen LogP contribution in [0.15, 0.2) is 22.0 Å². The van der Waals surface area contributed by atoms with Gasteiger partial charge in [-0.25, -0.2) is 15.0 Å². The molecule has 0 radical (unpaired) electrons. The molecule has 204 valence electrons. The maximum absolute atomic E-state index is 13.7. The Bertz CT molecular complexity index is 1200. The van der Waals surface area contributed by atoms with E-state index in [0.717, 1.165) is 25.9 Å². The molecule has 0 bridgehead atoms. The Kier molecular flexibility index (Phi) is 6.81. The number of hydrogen-bond donors (Lipinski definition) is 1. The van der Waals surface area contributed by atoms with Crippen LogP contribution in [0.1, 0.15) is 41.6 Å². The molecule has 1 aromatic heterocycles. The molecule has 1 aromatic carbocycles. The number of benzene rings is 1. The third-order valence-electron chi connectivity index (χ3n) is 4.64. The number of hydrogen-bond acceptors (Lipinski definition) is 4. The Labute approximate surface area is 198 Å². The molecule has 1 heterocycles. The number of amidine groups is 1. The summed E-state index contributed by atoms with van der Waals surface area (Å²) >= 11 is 0. The van der Waals surface area contributed by atoms with E-state index in [-0.39, 0.29) is 30.5 Å². The lowest BCUT2D eigenvalue weighted by Gasteiger charge is -2.41. The normalized spacial score (nSPS) is 15.5. The van der Waals surface area contributed by atoms with Gasteiger partial charge in [0.2, 0.25) is 5.82 Å². The molecule has 0 amide bonds. The van der Waals surface area contributed by atoms with Crippen LogP contribution < -0.4 is 5.73 Å². The molecule has 0 unspecified atom stereocenters. The van der Waals surface area contributed by atoms with Gasteiger partial charge in [0, 0.05) is 14.1 Å². The fourth-order valence-electron chi connectivity index (χ4n) is 3.18. The second-order valence-corrected chi connectivity index (χ2v) is 10.4. The number of aliphatic imine (C=N–C) groups is 1. The maximum atomic E-state index is 13.7. The topological polar surface area (TPSA) is 67.4 Å². The Morgan fingerprint density at radius 1 is 0.972 bits per heavy atom. The maximum Gasteiger partial charge on any atom is 0.451 e. The number of nitrogens with two attached hydrogens (primary N) is 1. The van der Waals surface area contributed by atoms with E-state index < -0.39 is 67.5 Å². The lowest BCUT2D eigenvalue weighted by atomic mass is 10.0. The second-order valence-electron chi connectivity index (χ2n) is 7.95. The number of nitrogen functional groups attached to an aromatic ring is 1. The molecule has 36 heavy (non-hydrogen) atoms. The van der Waals surface area contributed by atoms with Gasteiger partial charge in [0.05, 0.1) is 11.3 Å². The predicted octanol–water partition coefficient (Wildman–Crippen LogP) is 7.65. The van der Waals surface area contributed by atoms with Crippen molar-refractivity contribution in [2.45, 2.75) is 43.9 Å². The second kappa shape index (κ2) is 8.34. The Hall–Kier alpha value is -2.85. The molecular formula is C19H20F11N5S. The van der Waals surface area contributed by atoms with E-state index in [1.165, 1.54) is 6.92 Å². The van der Waals surface area contributed by atoms with E-state index >= 15 is 0 Å². The van der Waals surface area contributed by atoms with Gasteiger partial charge < -0.3 is 10.6 Å². The molecular weight excluding hydrogens is 539 g/mol. The highest BCUT2D eigenvalue weighted by molar-refractivity contribution is 8.45. The monoisotopic (exact) mass is 559 g/mol. The molecule has 0 aliphatic heterocycles. The van der Waals surface area contributed by atoms with E-state index in [1.807, 2.05) is 0 Å². The van der Waals surface area contributed by atoms with Crippen LogP contribution in [-0.2, 0) is 18.8 Å². The molecule has 0 aliphatic rings. The summed E-state index contributed by atoms with van der Waals surface area (Å²) in [5.74, 6) is -4.18. The van der Waals surface area contributed by atoms with Crippen LogP contribution in [0.4, 0.5) is 57.3 Å². The fourth-order valence-corrected chi connectivity index (χ4v) is 3.94. The van der Waals surface area contributed by atoms with Crippen LogP contribution in [0.5, 0.6) is 0 Å². The number of alkyl halides is 6. The minimum absolute atomic E-state index is 0.101. The highest BCUT2D eigenvalue weighted by Crippen LogP contribution is 3.02. The number of rotatable bonds is 5. The van der Waals surface area contributed by atoms with Crippen molar-refractivity contribution < 1.29 is 45.8 Å². The van der Waals surface area contributed by atoms with Gasteiger partial charge in [-0.3, -0.25) is 0 Å². The van der Waals surface area contributed by atoms with E-state index in [1.54, 1.807) is 0 Å². The molecule has 2 rings (SSSR count). The SMILES string of the molecule is CCCc1cc(S(F)(F)(F)(F)F)cc(C)c1N=C(c1c(N)nc(C(F)(F)F)nc1C(F)(F)F)N(C)C. The summed E-state index contributed by atoms with van der Waals surface area (Å²) in [5, 5.41) is 0. The molecule has 0 fully saturated rings. The van der Waals surface area contributed by atoms with Crippen LogP contribution >= 0.6 is 10.2 Å². The van der Waals surface area contributed by atoms with Gasteiger partial charge in [-0.2, -0.15) is 26.3 Å². The lowest BCUT2D eigenvalue weighted by molar-refractivity contribution is -0.152. The van der Waals surface area contributed by atoms with Crippen LogP contribution in [-0.4, -0.2) is 34.8 Å². The standard InChI is InChI=1S/C19H20F11N5S/c1-5-6-10-8-11(36(26,27,28,29)30)7-9(2)13(10)32-16(35(3)4)12-14(18(20,21)22)33-17(19(23,24)25)34-15(12)31/h7-8H,5-6H2,1-4H3,(H2,31,33,34). The van der Waals surface area contributed by atoms with Crippen molar-refractivity contribution in [3.63, 3.8) is 0 Å². The van der Waals surface area contributed by atoms with Crippen LogP contribution in [0.2, 0.25) is 0 Å². The predicted molar refractivity (Wildman–Crippen MR) is 113 cm³/mol. The van der Waals surface area contributed by atoms with Crippen molar-refractivity contribution in [3.8, 4) is 0 Å². The van der Waals surface area contributed by atoms with Gasteiger partial charge in [0.25, 0.3) is 0 Å². The first kappa shape index (κ1) is 29.4. The van der Waals surface area contributed by atoms with Crippen LogP contribution in [0, 0.1) is 6.92 Å². The highest BCUT2D eigenvalue weighted by Gasteiger charge is 2.65. The molecule has 5 nitrogen and oxygen atoms in total. The highest BCUT2D eigenvalue weighted by atomic mass is 32.5. The van der Waals surface area contributed by atoms with E-state index in [0.29, 0.717) is 0 Å². The van der Waals surface area contributed by atoms with E-state index in [2.05, 4.69) is 15.0 Å². The minimum Gasteiger partial charge on any atom is -0.383 e. The van der Waals surface area contributed by atoms with Crippen LogP contribution in [0.25, 0.3) is 0 Å². The zero-order valence-corrected chi connectivity index (χ0v) is 19.8. The van der Waals surface area contributed by atoms with Crippen molar-refractivity contribution in [1.82, 2.24) is 14.9 Å². The Balaban J connectivity index is 2.97. The largest absolute Gasteiger partial charge is 0.451 e. The van der Waals surface area contributed by atoms with Crippen molar-refractivity contribution in [2.75, 3.05) is 19.8 Å². The van der Waals surface area contributed by atoms with Gasteiger partial charge in [-0.05, 0) is 36.6 Å². The van der Waals surface area contributed by atoms with Gasteiger partial charge in [-0.1, -0.05) is 32.8 Å². The number of halogens is 11. The summed E-state index contributed by atoms with van der Waals surface area (Å²) in [6, 6.07) is 0.256. The van der Waals surface area contributed by atoms with Gasteiger partial charge >= 0.3 is 22.6 Å². The van der Waals surface area contributed by atoms with Crippen LogP contribution in [0.3, 0.4) is 0 Å². The summed E-state index contributed by atoms with van der Waals surface area (Å²) in [4.78, 5) is 8.10. The quantitative estimate of drug-likeness (QED) is 0.232. The smallest absolute Gasteiger partial charge is 0.383 e. The first-order chi connectivity index (χ1) is 15.9. The van der Waals surface area contributed by atoms with Crippen molar-refractivity contribution in [2.24, 2.45) is 4.99 Å². The van der Waals surface area contributed by atoms with Crippen molar-refractivity contribution in [3.05, 3.63) is 40.3 Å². The van der Waals surface area contributed by atoms with E-state index in [9.17, 15) is 45.8 Å². The average Bonchev–Trinajstić information content (AvgIpc) is 2.64. The number of aromatic nitrogens is 2. The molecule has 2 aromatic rings. The van der Waals surface area contributed by atoms with Gasteiger partial charge in [0.15, 0.2) is 5.69 Å². The molecule has 0 atom stereocenters. The fraction of sp³-hybridized carbons (Fsp3) is 0.421. The summed E-state index contributed by atoms with van der Waals surface area (Å²) in [6.45, 7) is 2.49. The first-order valence-electron chi connectivity index (χ1n) is 9.82. The molecule has 0 aliphatic carbocycles. The lowest BCUT2D eigenvalue weighted by Crippen LogP contribution is -2.30. The number of aryl methyl sites for hydroxylation is 2.